The molecule has 3 N–H and O–H groups in total. The molecule has 1 amide bonds. The van der Waals surface area contributed by atoms with E-state index in [1.165, 1.54) is 37.7 Å². The van der Waals surface area contributed by atoms with Crippen molar-refractivity contribution in [1.29, 1.82) is 0 Å². The Bertz CT molecular complexity index is 1050. The molecule has 0 bridgehead atoms. The van der Waals surface area contributed by atoms with Gasteiger partial charge in [0.1, 0.15) is 11.8 Å². The highest BCUT2D eigenvalue weighted by Crippen LogP contribution is 2.39. The molecule has 0 unspecified atom stereocenters. The number of carbonyl (C=O) groups excluding carboxylic acids is 1. The number of aromatic nitrogens is 5. The number of piperidine rings is 1. The largest absolute Gasteiger partial charge is 0.342 e. The van der Waals surface area contributed by atoms with Gasteiger partial charge in [0.15, 0.2) is 11.6 Å². The van der Waals surface area contributed by atoms with Crippen molar-refractivity contribution < 1.29 is 4.79 Å². The van der Waals surface area contributed by atoms with Crippen LogP contribution in [0.1, 0.15) is 50.1 Å². The molecule has 33 heavy (non-hydrogen) atoms. The van der Waals surface area contributed by atoms with Crippen molar-refractivity contribution in [1.82, 2.24) is 35.0 Å². The Hall–Kier alpha value is -3.38. The fraction of sp³-hybridized carbons (Fsp3) is 0.500. The van der Waals surface area contributed by atoms with E-state index in [9.17, 15) is 4.79 Å². The third kappa shape index (κ3) is 5.71. The first-order valence-corrected chi connectivity index (χ1v) is 11.7. The lowest BCUT2D eigenvalue weighted by atomic mass is 9.97. The van der Waals surface area contributed by atoms with Gasteiger partial charge in [0.2, 0.25) is 5.91 Å². The van der Waals surface area contributed by atoms with Crippen LogP contribution in [0.3, 0.4) is 0 Å². The van der Waals surface area contributed by atoms with Gasteiger partial charge in [0.25, 0.3) is 0 Å². The standard InChI is InChI=1S/C12H12N6.C10H18N2O.C2H2/c1-2-10-12(13-7-14-18(10)5-1)15-11-6-9(16-17-11)8-3-4-8;13-10(12-7-1-2-8-12)9-3-5-11-6-4-9;1-2/h1-2,5-8H,3-4H2,(H2,13,14,15,16,17);9,11H,1-8H2;1-2H. The summed E-state index contributed by atoms with van der Waals surface area (Å²) in [7, 11) is 0. The molecule has 1 saturated carbocycles. The lowest BCUT2D eigenvalue weighted by molar-refractivity contribution is -0.135. The number of rotatable bonds is 4. The minimum absolute atomic E-state index is 0.319. The second kappa shape index (κ2) is 11.0. The third-order valence-electron chi connectivity index (χ3n) is 6.30. The zero-order valence-corrected chi connectivity index (χ0v) is 18.9. The van der Waals surface area contributed by atoms with Crippen LogP contribution in [-0.2, 0) is 4.79 Å². The summed E-state index contributed by atoms with van der Waals surface area (Å²) in [5.74, 6) is 2.98. The van der Waals surface area contributed by atoms with Crippen LogP contribution in [0.5, 0.6) is 0 Å². The first kappa shape index (κ1) is 22.8. The van der Waals surface area contributed by atoms with Crippen molar-refractivity contribution >= 4 is 23.1 Å². The van der Waals surface area contributed by atoms with E-state index in [0.29, 0.717) is 17.7 Å². The molecule has 0 radical (unpaired) electrons. The van der Waals surface area contributed by atoms with Gasteiger partial charge in [0, 0.05) is 42.9 Å². The number of anilines is 2. The maximum atomic E-state index is 11.9. The van der Waals surface area contributed by atoms with Gasteiger partial charge < -0.3 is 15.5 Å². The van der Waals surface area contributed by atoms with E-state index in [4.69, 9.17) is 0 Å². The van der Waals surface area contributed by atoms with Crippen molar-refractivity contribution in [2.45, 2.75) is 44.4 Å². The number of H-pyrrole nitrogens is 1. The molecular formula is C24H32N8O. The monoisotopic (exact) mass is 448 g/mol. The summed E-state index contributed by atoms with van der Waals surface area (Å²) in [4.78, 5) is 18.2. The number of hydrogen-bond donors (Lipinski definition) is 3. The zero-order valence-electron chi connectivity index (χ0n) is 18.9. The Kier molecular flexibility index (Phi) is 7.58. The van der Waals surface area contributed by atoms with E-state index in [2.05, 4.69) is 54.7 Å². The second-order valence-corrected chi connectivity index (χ2v) is 8.61. The van der Waals surface area contributed by atoms with Gasteiger partial charge in [-0.25, -0.2) is 9.50 Å². The predicted molar refractivity (Wildman–Crippen MR) is 128 cm³/mol. The highest BCUT2D eigenvalue weighted by Gasteiger charge is 2.27. The van der Waals surface area contributed by atoms with Crippen LogP contribution in [0.25, 0.3) is 5.52 Å². The fourth-order valence-electron chi connectivity index (χ4n) is 4.35. The number of amides is 1. The maximum Gasteiger partial charge on any atom is 0.225 e. The second-order valence-electron chi connectivity index (χ2n) is 8.61. The SMILES string of the molecule is C#C.O=C(C1CCNCC1)N1CCCC1.c1cc2c(Nc3cc(C4CC4)[nH]n3)ncnn2c1. The molecule has 6 rings (SSSR count). The molecule has 2 saturated heterocycles. The number of nitrogens with one attached hydrogen (secondary N) is 3. The number of aromatic amines is 1. The smallest absolute Gasteiger partial charge is 0.225 e. The van der Waals surface area contributed by atoms with Crippen LogP contribution in [0.15, 0.2) is 30.7 Å². The Morgan fingerprint density at radius 2 is 1.88 bits per heavy atom. The number of nitrogens with zero attached hydrogens (tertiary/aromatic N) is 5. The van der Waals surface area contributed by atoms with Crippen molar-refractivity contribution in [3.05, 3.63) is 36.4 Å². The molecule has 5 heterocycles. The maximum absolute atomic E-state index is 11.9. The Morgan fingerprint density at radius 1 is 1.12 bits per heavy atom. The Morgan fingerprint density at radius 3 is 2.61 bits per heavy atom. The van der Waals surface area contributed by atoms with Crippen LogP contribution in [-0.4, -0.2) is 61.8 Å². The van der Waals surface area contributed by atoms with Gasteiger partial charge in [-0.2, -0.15) is 10.2 Å². The first-order chi connectivity index (χ1) is 16.3. The molecule has 3 aromatic rings. The highest BCUT2D eigenvalue weighted by atomic mass is 16.2. The molecule has 0 spiro atoms. The van der Waals surface area contributed by atoms with Crippen molar-refractivity contribution in [2.24, 2.45) is 5.92 Å². The summed E-state index contributed by atoms with van der Waals surface area (Å²) < 4.78 is 1.78. The number of hydrogen-bond acceptors (Lipinski definition) is 6. The van der Waals surface area contributed by atoms with Crippen molar-refractivity contribution in [2.75, 3.05) is 31.5 Å². The molecule has 0 aromatic carbocycles. The summed E-state index contributed by atoms with van der Waals surface area (Å²) in [6.45, 7) is 4.04. The number of likely N-dealkylation sites (tertiary alicyclic amines) is 1. The number of fused-ring (bicyclic) bond motifs is 1. The number of carbonyl (C=O) groups is 1. The normalized spacial score (nSPS) is 18.2. The zero-order chi connectivity index (χ0) is 23.0. The van der Waals surface area contributed by atoms with E-state index in [0.717, 1.165) is 56.2 Å². The topological polar surface area (TPSA) is 103 Å². The molecule has 3 aromatic heterocycles. The van der Waals surface area contributed by atoms with E-state index in [1.807, 2.05) is 18.3 Å². The summed E-state index contributed by atoms with van der Waals surface area (Å²) in [6.07, 6.45) is 18.4. The molecular weight excluding hydrogens is 416 g/mol. The number of terminal acetylenes is 1. The fourth-order valence-corrected chi connectivity index (χ4v) is 4.35. The minimum Gasteiger partial charge on any atom is -0.342 e. The minimum atomic E-state index is 0.319. The van der Waals surface area contributed by atoms with Crippen LogP contribution < -0.4 is 10.6 Å². The predicted octanol–water partition coefficient (Wildman–Crippen LogP) is 2.93. The molecule has 2 aliphatic heterocycles. The van der Waals surface area contributed by atoms with Crippen molar-refractivity contribution in [3.63, 3.8) is 0 Å². The first-order valence-electron chi connectivity index (χ1n) is 11.7. The van der Waals surface area contributed by atoms with Crippen LogP contribution >= 0.6 is 0 Å². The van der Waals surface area contributed by atoms with Gasteiger partial charge >= 0.3 is 0 Å². The molecule has 9 nitrogen and oxygen atoms in total. The third-order valence-corrected chi connectivity index (χ3v) is 6.30. The van der Waals surface area contributed by atoms with Gasteiger partial charge in [0.05, 0.1) is 0 Å². The molecule has 3 fully saturated rings. The molecule has 3 aliphatic rings. The quantitative estimate of drug-likeness (QED) is 0.530. The average molecular weight is 449 g/mol. The molecule has 1 aliphatic carbocycles. The average Bonchev–Trinajstić information content (AvgIpc) is 3.27. The van der Waals surface area contributed by atoms with Gasteiger partial charge in [-0.3, -0.25) is 9.89 Å². The lowest BCUT2D eigenvalue weighted by Crippen LogP contribution is -2.39. The molecule has 0 atom stereocenters. The van der Waals surface area contributed by atoms with Gasteiger partial charge in [-0.15, -0.1) is 12.8 Å². The van der Waals surface area contributed by atoms with Gasteiger partial charge in [-0.05, 0) is 63.7 Å². The Balaban J connectivity index is 0.000000154. The van der Waals surface area contributed by atoms with Crippen LogP contribution in [0.2, 0.25) is 0 Å². The summed E-state index contributed by atoms with van der Waals surface area (Å²) in [5.41, 5.74) is 2.14. The van der Waals surface area contributed by atoms with Gasteiger partial charge in [-0.1, -0.05) is 0 Å². The summed E-state index contributed by atoms with van der Waals surface area (Å²) in [6, 6.07) is 5.96. The highest BCUT2D eigenvalue weighted by molar-refractivity contribution is 5.79. The molecule has 9 heteroatoms. The summed E-state index contributed by atoms with van der Waals surface area (Å²) in [5, 5.41) is 18.0. The van der Waals surface area contributed by atoms with Crippen LogP contribution in [0, 0.1) is 18.8 Å². The van der Waals surface area contributed by atoms with E-state index in [1.54, 1.807) is 4.52 Å². The lowest BCUT2D eigenvalue weighted by Gasteiger charge is -2.26. The van der Waals surface area contributed by atoms with Crippen LogP contribution in [0.4, 0.5) is 11.6 Å². The van der Waals surface area contributed by atoms with E-state index >= 15 is 0 Å². The Labute approximate surface area is 194 Å². The van der Waals surface area contributed by atoms with Crippen molar-refractivity contribution in [3.8, 4) is 12.8 Å². The molecule has 174 valence electrons. The van der Waals surface area contributed by atoms with E-state index < -0.39 is 0 Å². The summed E-state index contributed by atoms with van der Waals surface area (Å²) >= 11 is 0. The van der Waals surface area contributed by atoms with E-state index in [-0.39, 0.29) is 0 Å².